The maximum Gasteiger partial charge on any atom is 0.186 e. The van der Waals surface area contributed by atoms with E-state index in [0.29, 0.717) is 11.3 Å². The Morgan fingerprint density at radius 3 is 2.41 bits per heavy atom. The topological polar surface area (TPSA) is 24.8 Å². The van der Waals surface area contributed by atoms with Crippen LogP contribution in [0.2, 0.25) is 19.1 Å². The fraction of sp³-hybridized carbons (Fsp3) is 0.944. The van der Waals surface area contributed by atoms with Crippen LogP contribution in [0.15, 0.2) is 5.10 Å². The van der Waals surface area contributed by atoms with Gasteiger partial charge >= 0.3 is 0 Å². The molecular weight excluding hydrogens is 288 g/mol. The number of hydrazone groups is 1. The Kier molecular flexibility index (Phi) is 7.12. The molecule has 1 fully saturated rings. The van der Waals surface area contributed by atoms with Gasteiger partial charge in [-0.15, -0.1) is 0 Å². The molecule has 0 unspecified atom stereocenters. The van der Waals surface area contributed by atoms with Crippen molar-refractivity contribution in [3.05, 3.63) is 0 Å². The summed E-state index contributed by atoms with van der Waals surface area (Å²) in [4.78, 5) is 0. The zero-order valence-corrected chi connectivity index (χ0v) is 17.2. The molecule has 0 radical (unpaired) electrons. The van der Waals surface area contributed by atoms with Gasteiger partial charge in [0.15, 0.2) is 8.32 Å². The fourth-order valence-electron chi connectivity index (χ4n) is 3.57. The molecule has 1 rings (SSSR count). The third-order valence-electron chi connectivity index (χ3n) is 4.97. The fourth-order valence-corrected chi connectivity index (χ4v) is 5.54. The SMILES string of the molecule is CCO[Si](C)(C)CC[C@@H]1C[C@@H](C(C)(C)C)CC/C1=N\N(C)C. The molecule has 0 aromatic carbocycles. The molecule has 3 nitrogen and oxygen atoms in total. The molecule has 1 aliphatic carbocycles. The molecule has 0 aromatic heterocycles. The highest BCUT2D eigenvalue weighted by Gasteiger charge is 2.35. The van der Waals surface area contributed by atoms with Crippen molar-refractivity contribution in [1.29, 1.82) is 0 Å². The van der Waals surface area contributed by atoms with E-state index in [4.69, 9.17) is 9.53 Å². The highest BCUT2D eigenvalue weighted by atomic mass is 28.4. The van der Waals surface area contributed by atoms with Crippen molar-refractivity contribution in [3.8, 4) is 0 Å². The van der Waals surface area contributed by atoms with E-state index in [1.807, 2.05) is 19.1 Å². The van der Waals surface area contributed by atoms with Gasteiger partial charge in [0.2, 0.25) is 0 Å². The molecular formula is C18H38N2OSi. The minimum atomic E-state index is -1.49. The lowest BCUT2D eigenvalue weighted by molar-refractivity contribution is 0.183. The minimum absolute atomic E-state index is 0.411. The van der Waals surface area contributed by atoms with E-state index in [9.17, 15) is 0 Å². The monoisotopic (exact) mass is 326 g/mol. The predicted molar refractivity (Wildman–Crippen MR) is 99.9 cm³/mol. The summed E-state index contributed by atoms with van der Waals surface area (Å²) in [5.74, 6) is 1.46. The molecule has 0 spiro atoms. The Hall–Kier alpha value is -0.353. The van der Waals surface area contributed by atoms with Crippen molar-refractivity contribution in [2.24, 2.45) is 22.4 Å². The molecule has 0 heterocycles. The van der Waals surface area contributed by atoms with Crippen LogP contribution in [0.5, 0.6) is 0 Å². The van der Waals surface area contributed by atoms with Crippen molar-refractivity contribution in [2.45, 2.75) is 72.5 Å². The van der Waals surface area contributed by atoms with Gasteiger partial charge in [-0.05, 0) is 69.0 Å². The Morgan fingerprint density at radius 2 is 1.91 bits per heavy atom. The first-order valence-electron chi connectivity index (χ1n) is 8.94. The number of rotatable bonds is 6. The van der Waals surface area contributed by atoms with Crippen LogP contribution in [0.25, 0.3) is 0 Å². The maximum atomic E-state index is 6.02. The van der Waals surface area contributed by atoms with Crippen LogP contribution < -0.4 is 0 Å². The van der Waals surface area contributed by atoms with Gasteiger partial charge in [-0.2, -0.15) is 5.10 Å². The first kappa shape index (κ1) is 19.7. The van der Waals surface area contributed by atoms with E-state index in [-0.39, 0.29) is 0 Å². The first-order valence-corrected chi connectivity index (χ1v) is 12.1. The van der Waals surface area contributed by atoms with Crippen molar-refractivity contribution in [3.63, 3.8) is 0 Å². The molecule has 22 heavy (non-hydrogen) atoms. The van der Waals surface area contributed by atoms with Gasteiger partial charge in [-0.1, -0.05) is 20.8 Å². The quantitative estimate of drug-likeness (QED) is 0.507. The summed E-state index contributed by atoms with van der Waals surface area (Å²) in [6, 6.07) is 1.24. The number of hydrogen-bond acceptors (Lipinski definition) is 3. The molecule has 2 atom stereocenters. The van der Waals surface area contributed by atoms with Gasteiger partial charge in [0.1, 0.15) is 0 Å². The minimum Gasteiger partial charge on any atom is -0.418 e. The average molecular weight is 327 g/mol. The van der Waals surface area contributed by atoms with Gasteiger partial charge in [0, 0.05) is 26.4 Å². The number of hydrogen-bond donors (Lipinski definition) is 0. The van der Waals surface area contributed by atoms with Crippen LogP contribution >= 0.6 is 0 Å². The van der Waals surface area contributed by atoms with Crippen LogP contribution in [0.4, 0.5) is 0 Å². The summed E-state index contributed by atoms with van der Waals surface area (Å²) in [7, 11) is 2.59. The molecule has 1 aliphatic rings. The molecule has 0 saturated heterocycles. The molecule has 0 N–H and O–H groups in total. The lowest BCUT2D eigenvalue weighted by Crippen LogP contribution is -2.36. The van der Waals surface area contributed by atoms with Gasteiger partial charge in [-0.3, -0.25) is 0 Å². The largest absolute Gasteiger partial charge is 0.418 e. The molecule has 0 aliphatic heterocycles. The predicted octanol–water partition coefficient (Wildman–Crippen LogP) is 5.00. The van der Waals surface area contributed by atoms with Crippen molar-refractivity contribution in [2.75, 3.05) is 20.7 Å². The zero-order valence-electron chi connectivity index (χ0n) is 16.2. The summed E-state index contributed by atoms with van der Waals surface area (Å²) < 4.78 is 6.02. The van der Waals surface area contributed by atoms with Crippen LogP contribution in [0.3, 0.4) is 0 Å². The van der Waals surface area contributed by atoms with E-state index >= 15 is 0 Å². The van der Waals surface area contributed by atoms with Gasteiger partial charge < -0.3 is 9.43 Å². The molecule has 0 amide bonds. The Labute approximate surface area is 139 Å². The molecule has 4 heteroatoms. The molecule has 130 valence electrons. The van der Waals surface area contributed by atoms with E-state index in [2.05, 4.69) is 40.8 Å². The summed E-state index contributed by atoms with van der Waals surface area (Å²) in [5.41, 5.74) is 1.83. The van der Waals surface area contributed by atoms with Gasteiger partial charge in [0.05, 0.1) is 0 Å². The molecule has 0 bridgehead atoms. The van der Waals surface area contributed by atoms with E-state index in [1.165, 1.54) is 37.4 Å². The number of nitrogens with zero attached hydrogens (tertiary/aromatic N) is 2. The van der Waals surface area contributed by atoms with Crippen LogP contribution in [-0.4, -0.2) is 39.7 Å². The molecule has 0 aromatic rings. The summed E-state index contributed by atoms with van der Waals surface area (Å²) in [6.07, 6.45) is 5.01. The smallest absolute Gasteiger partial charge is 0.186 e. The van der Waals surface area contributed by atoms with Crippen LogP contribution in [0.1, 0.15) is 53.4 Å². The van der Waals surface area contributed by atoms with Crippen molar-refractivity contribution in [1.82, 2.24) is 5.01 Å². The Balaban J connectivity index is 2.77. The maximum absolute atomic E-state index is 6.02. The highest BCUT2D eigenvalue weighted by Crippen LogP contribution is 2.41. The summed E-state index contributed by atoms with van der Waals surface area (Å²) in [6.45, 7) is 14.8. The van der Waals surface area contributed by atoms with Crippen LogP contribution in [-0.2, 0) is 4.43 Å². The average Bonchev–Trinajstić information content (AvgIpc) is 2.35. The Morgan fingerprint density at radius 1 is 1.27 bits per heavy atom. The third kappa shape index (κ3) is 6.41. The van der Waals surface area contributed by atoms with Crippen LogP contribution in [0, 0.1) is 17.3 Å². The van der Waals surface area contributed by atoms with Gasteiger partial charge in [-0.25, -0.2) is 0 Å². The van der Waals surface area contributed by atoms with E-state index in [1.54, 1.807) is 0 Å². The highest BCUT2D eigenvalue weighted by molar-refractivity contribution is 6.71. The second-order valence-electron chi connectivity index (χ2n) is 8.70. The van der Waals surface area contributed by atoms with E-state index < -0.39 is 8.32 Å². The van der Waals surface area contributed by atoms with Crippen molar-refractivity contribution < 1.29 is 4.43 Å². The first-order chi connectivity index (χ1) is 10.0. The third-order valence-corrected chi connectivity index (χ3v) is 7.54. The second kappa shape index (κ2) is 7.96. The molecule has 1 saturated carbocycles. The van der Waals surface area contributed by atoms with Gasteiger partial charge in [0.25, 0.3) is 0 Å². The normalized spacial score (nSPS) is 25.5. The summed E-state index contributed by atoms with van der Waals surface area (Å²) in [5, 5.41) is 6.78. The zero-order chi connectivity index (χ0) is 17.0. The second-order valence-corrected chi connectivity index (χ2v) is 13.0. The van der Waals surface area contributed by atoms with Crippen molar-refractivity contribution >= 4 is 14.0 Å². The van der Waals surface area contributed by atoms with E-state index in [0.717, 1.165) is 12.5 Å². The lowest BCUT2D eigenvalue weighted by atomic mass is 9.68. The summed E-state index contributed by atoms with van der Waals surface area (Å²) >= 11 is 0. The lowest BCUT2D eigenvalue weighted by Gasteiger charge is -2.39. The Bertz CT molecular complexity index is 372. The standard InChI is InChI=1S/C18H38N2OSi/c1-9-21-22(7,8)13-12-15-14-16(18(2,3)4)10-11-17(15)19-20(5)6/h15-16H,9-14H2,1-8H3/b19-17+/t15-,16+/m1/s1.